The minimum Gasteiger partial charge on any atom is -0.568 e. The number of nitrogens with zero attached hydrogens (tertiary/aromatic N) is 2. The van der Waals surface area contributed by atoms with E-state index < -0.39 is 6.03 Å². The van der Waals surface area contributed by atoms with E-state index in [1.54, 1.807) is 12.3 Å². The number of rotatable bonds is 8. The van der Waals surface area contributed by atoms with E-state index in [0.717, 1.165) is 22.0 Å². The number of fused-ring (bicyclic) bond motifs is 1. The number of urea groups is 1. The first-order valence-corrected chi connectivity index (χ1v) is 11.3. The monoisotopic (exact) mass is 466 g/mol. The fraction of sp³-hybridized carbons (Fsp3) is 0.185. The van der Waals surface area contributed by atoms with Gasteiger partial charge in [0.05, 0.1) is 6.21 Å². The highest BCUT2D eigenvalue weighted by Gasteiger charge is 2.14. The minimum atomic E-state index is -0.450. The highest BCUT2D eigenvalue weighted by molar-refractivity contribution is 6.00. The Bertz CT molecular complexity index is 1350. The van der Waals surface area contributed by atoms with Crippen LogP contribution in [0.15, 0.2) is 78.0 Å². The van der Waals surface area contributed by atoms with Gasteiger partial charge in [-0.05, 0) is 47.4 Å². The third-order valence-corrected chi connectivity index (χ3v) is 5.64. The lowest BCUT2D eigenvalue weighted by molar-refractivity contribution is 0.252. The second-order valence-electron chi connectivity index (χ2n) is 8.50. The molecule has 1 heterocycles. The average Bonchev–Trinajstić information content (AvgIpc) is 3.23. The van der Waals surface area contributed by atoms with Crippen LogP contribution in [-0.2, 0) is 13.7 Å². The Morgan fingerprint density at radius 2 is 1.89 bits per heavy atom. The van der Waals surface area contributed by atoms with Crippen LogP contribution in [0.1, 0.15) is 36.5 Å². The number of anilines is 1. The normalized spacial score (nSPS) is 11.2. The van der Waals surface area contributed by atoms with Gasteiger partial charge in [-0.3, -0.25) is 0 Å². The van der Waals surface area contributed by atoms with Gasteiger partial charge in [0.1, 0.15) is 18.1 Å². The lowest BCUT2D eigenvalue weighted by atomic mass is 9.99. The molecule has 4 rings (SSSR count). The first-order chi connectivity index (χ1) is 16.9. The number of hydrazone groups is 1. The fourth-order valence-electron chi connectivity index (χ4n) is 3.79. The first kappa shape index (κ1) is 23.9. The molecule has 2 radical (unpaired) electrons. The molecule has 0 aliphatic rings. The Kier molecular flexibility index (Phi) is 7.40. The van der Waals surface area contributed by atoms with E-state index in [1.165, 1.54) is 0 Å². The third kappa shape index (κ3) is 5.84. The van der Waals surface area contributed by atoms with Crippen molar-refractivity contribution < 1.29 is 14.2 Å². The number of carbonyl (C=O) groups excluding carboxylic acids is 1. The predicted octanol–water partition coefficient (Wildman–Crippen LogP) is 5.50. The molecule has 0 aliphatic heterocycles. The third-order valence-electron chi connectivity index (χ3n) is 5.64. The van der Waals surface area contributed by atoms with Gasteiger partial charge in [0.2, 0.25) is 0 Å². The maximum Gasteiger partial charge on any atom is 0.374 e. The molecule has 0 fully saturated rings. The molecule has 0 unspecified atom stereocenters. The summed E-state index contributed by atoms with van der Waals surface area (Å²) in [5.41, 5.74) is 6.89. The standard InChI is InChI=1S/C27H27BN4O3/c1-18(2)23-14-21(25(15-26(23)35-28)34-17-19-7-5-4-6-8-19)16-29-31-27(33)30-22-9-10-24-20(13-22)11-12-32(24)3/h4-16,18H,17H2,1-3H3,(H2,30,31,33). The van der Waals surface area contributed by atoms with Crippen LogP contribution in [-0.4, -0.2) is 24.9 Å². The van der Waals surface area contributed by atoms with Crippen molar-refractivity contribution >= 4 is 36.9 Å². The van der Waals surface area contributed by atoms with Crippen LogP contribution in [0.2, 0.25) is 0 Å². The van der Waals surface area contributed by atoms with E-state index in [0.29, 0.717) is 29.4 Å². The van der Waals surface area contributed by atoms with Gasteiger partial charge in [0.25, 0.3) is 0 Å². The second-order valence-corrected chi connectivity index (χ2v) is 8.50. The van der Waals surface area contributed by atoms with Crippen molar-refractivity contribution in [1.82, 2.24) is 9.99 Å². The average molecular weight is 466 g/mol. The quantitative estimate of drug-likeness (QED) is 0.205. The number of hydrogen-bond donors (Lipinski definition) is 2. The molecule has 0 saturated carbocycles. The molecule has 0 spiro atoms. The van der Waals surface area contributed by atoms with Gasteiger partial charge in [-0.15, -0.1) is 0 Å². The smallest absolute Gasteiger partial charge is 0.374 e. The van der Waals surface area contributed by atoms with Crippen LogP contribution >= 0.6 is 0 Å². The number of nitrogens with one attached hydrogen (secondary N) is 2. The van der Waals surface area contributed by atoms with Crippen LogP contribution < -0.4 is 20.1 Å². The summed E-state index contributed by atoms with van der Waals surface area (Å²) < 4.78 is 13.2. The molecule has 8 heteroatoms. The number of amides is 2. The van der Waals surface area contributed by atoms with E-state index in [9.17, 15) is 4.79 Å². The highest BCUT2D eigenvalue weighted by Crippen LogP contribution is 2.33. The zero-order valence-corrected chi connectivity index (χ0v) is 20.0. The molecular weight excluding hydrogens is 439 g/mol. The van der Waals surface area contributed by atoms with E-state index in [4.69, 9.17) is 17.4 Å². The van der Waals surface area contributed by atoms with Crippen molar-refractivity contribution in [3.05, 3.63) is 89.6 Å². The zero-order chi connectivity index (χ0) is 24.8. The highest BCUT2D eigenvalue weighted by atomic mass is 16.5. The Hall–Kier alpha value is -4.20. The van der Waals surface area contributed by atoms with E-state index >= 15 is 0 Å². The second kappa shape index (κ2) is 10.8. The molecule has 176 valence electrons. The van der Waals surface area contributed by atoms with Crippen molar-refractivity contribution in [3.63, 3.8) is 0 Å². The van der Waals surface area contributed by atoms with E-state index in [1.807, 2.05) is 92.3 Å². The molecule has 0 saturated heterocycles. The molecule has 7 nitrogen and oxygen atoms in total. The summed E-state index contributed by atoms with van der Waals surface area (Å²) in [6.45, 7) is 4.44. The maximum atomic E-state index is 12.4. The molecule has 1 aromatic heterocycles. The predicted molar refractivity (Wildman–Crippen MR) is 140 cm³/mol. The number of aryl methyl sites for hydroxylation is 1. The van der Waals surface area contributed by atoms with Crippen LogP contribution in [0.25, 0.3) is 10.9 Å². The van der Waals surface area contributed by atoms with Gasteiger partial charge >= 0.3 is 14.1 Å². The zero-order valence-electron chi connectivity index (χ0n) is 20.0. The molecule has 0 atom stereocenters. The molecule has 2 N–H and O–H groups in total. The lowest BCUT2D eigenvalue weighted by Gasteiger charge is -2.17. The largest absolute Gasteiger partial charge is 0.568 e. The Balaban J connectivity index is 1.49. The van der Waals surface area contributed by atoms with Crippen LogP contribution in [0, 0.1) is 0 Å². The van der Waals surface area contributed by atoms with Gasteiger partial charge in [-0.1, -0.05) is 44.2 Å². The summed E-state index contributed by atoms with van der Waals surface area (Å²) in [6.07, 6.45) is 3.52. The van der Waals surface area contributed by atoms with Crippen molar-refractivity contribution in [2.45, 2.75) is 26.4 Å². The van der Waals surface area contributed by atoms with Crippen LogP contribution in [0.5, 0.6) is 11.5 Å². The van der Waals surface area contributed by atoms with Crippen molar-refractivity contribution in [3.8, 4) is 11.5 Å². The van der Waals surface area contributed by atoms with Gasteiger partial charge in [0, 0.05) is 41.5 Å². The Labute approximate surface area is 206 Å². The minimum absolute atomic E-state index is 0.160. The van der Waals surface area contributed by atoms with Crippen LogP contribution in [0.3, 0.4) is 0 Å². The molecule has 3 aromatic carbocycles. The van der Waals surface area contributed by atoms with Crippen LogP contribution in [0.4, 0.5) is 10.5 Å². The van der Waals surface area contributed by atoms with Gasteiger partial charge in [-0.25, -0.2) is 10.2 Å². The SMILES string of the molecule is [B]Oc1cc(OCc2ccccc2)c(C=NNC(=O)Nc2ccc3c(ccn3C)c2)cc1C(C)C. The van der Waals surface area contributed by atoms with Gasteiger partial charge < -0.3 is 19.3 Å². The van der Waals surface area contributed by atoms with Gasteiger partial charge in [0.15, 0.2) is 0 Å². The molecule has 35 heavy (non-hydrogen) atoms. The first-order valence-electron chi connectivity index (χ1n) is 11.3. The van der Waals surface area contributed by atoms with Crippen molar-refractivity contribution in [2.24, 2.45) is 12.1 Å². The summed E-state index contributed by atoms with van der Waals surface area (Å²) in [4.78, 5) is 12.4. The van der Waals surface area contributed by atoms with Gasteiger partial charge in [-0.2, -0.15) is 5.10 Å². The van der Waals surface area contributed by atoms with Crippen molar-refractivity contribution in [2.75, 3.05) is 5.32 Å². The number of ether oxygens (including phenoxy) is 1. The number of benzene rings is 3. The molecule has 0 bridgehead atoms. The van der Waals surface area contributed by atoms with E-state index in [2.05, 4.69) is 15.8 Å². The lowest BCUT2D eigenvalue weighted by Crippen LogP contribution is -2.24. The summed E-state index contributed by atoms with van der Waals surface area (Å²) in [5.74, 6) is 1.23. The van der Waals surface area contributed by atoms with Crippen molar-refractivity contribution in [1.29, 1.82) is 0 Å². The number of aromatic nitrogens is 1. The Morgan fingerprint density at radius 1 is 1.09 bits per heavy atom. The molecule has 4 aromatic rings. The number of carbonyl (C=O) groups is 1. The fourth-order valence-corrected chi connectivity index (χ4v) is 3.79. The maximum absolute atomic E-state index is 12.4. The summed E-state index contributed by atoms with van der Waals surface area (Å²) >= 11 is 0. The molecular formula is C27H27BN4O3. The van der Waals surface area contributed by atoms with E-state index in [-0.39, 0.29) is 5.92 Å². The molecule has 0 aliphatic carbocycles. The summed E-state index contributed by atoms with van der Waals surface area (Å²) in [7, 11) is 7.49. The number of hydrogen-bond acceptors (Lipinski definition) is 4. The summed E-state index contributed by atoms with van der Waals surface area (Å²) in [6, 6.07) is 20.7. The molecule has 2 amide bonds. The summed E-state index contributed by atoms with van der Waals surface area (Å²) in [5, 5.41) is 7.97. The Morgan fingerprint density at radius 3 is 2.63 bits per heavy atom. The topological polar surface area (TPSA) is 76.9 Å².